The second kappa shape index (κ2) is 6.75. The normalized spacial score (nSPS) is 30.5. The fourth-order valence-electron chi connectivity index (χ4n) is 2.89. The molecule has 1 saturated carbocycles. The first-order chi connectivity index (χ1) is 7.95. The summed E-state index contributed by atoms with van der Waals surface area (Å²) >= 11 is 0. The Morgan fingerprint density at radius 2 is 1.88 bits per heavy atom. The number of rotatable bonds is 5. The highest BCUT2D eigenvalue weighted by Crippen LogP contribution is 2.40. The van der Waals surface area contributed by atoms with Crippen LogP contribution in [-0.2, 0) is 4.74 Å². The van der Waals surface area contributed by atoms with Gasteiger partial charge in [-0.25, -0.2) is 0 Å². The highest BCUT2D eigenvalue weighted by atomic mass is 16.5. The average molecular weight is 241 g/mol. The predicted octanol–water partition coefficient (Wildman–Crippen LogP) is 3.59. The minimum atomic E-state index is 0.402. The van der Waals surface area contributed by atoms with Gasteiger partial charge >= 0.3 is 0 Å². The molecule has 0 spiro atoms. The van der Waals surface area contributed by atoms with Gasteiger partial charge in [-0.2, -0.15) is 0 Å². The van der Waals surface area contributed by atoms with Crippen LogP contribution in [-0.4, -0.2) is 19.3 Å². The van der Waals surface area contributed by atoms with E-state index < -0.39 is 0 Å². The highest BCUT2D eigenvalue weighted by molar-refractivity contribution is 4.87. The van der Waals surface area contributed by atoms with Crippen molar-refractivity contribution in [2.45, 2.75) is 65.8 Å². The first-order valence-corrected chi connectivity index (χ1v) is 7.28. The van der Waals surface area contributed by atoms with E-state index in [0.717, 1.165) is 32.0 Å². The maximum atomic E-state index is 6.24. The lowest BCUT2D eigenvalue weighted by Crippen LogP contribution is -2.40. The van der Waals surface area contributed by atoms with Crippen molar-refractivity contribution in [2.75, 3.05) is 13.2 Å². The molecule has 2 nitrogen and oxygen atoms in total. The van der Waals surface area contributed by atoms with Gasteiger partial charge in [0.25, 0.3) is 0 Å². The number of nitrogens with two attached hydrogens (primary N) is 1. The third-order valence-corrected chi connectivity index (χ3v) is 4.25. The maximum absolute atomic E-state index is 6.24. The summed E-state index contributed by atoms with van der Waals surface area (Å²) in [4.78, 5) is 0. The minimum Gasteiger partial charge on any atom is -0.381 e. The minimum absolute atomic E-state index is 0.402. The SMILES string of the molecule is CCCOCCC1CC(C(C)(C)C)CCC1N. The topological polar surface area (TPSA) is 35.2 Å². The van der Waals surface area contributed by atoms with Crippen molar-refractivity contribution in [3.63, 3.8) is 0 Å². The average Bonchev–Trinajstić information content (AvgIpc) is 2.25. The Bertz CT molecular complexity index is 209. The van der Waals surface area contributed by atoms with Crippen molar-refractivity contribution < 1.29 is 4.74 Å². The summed E-state index contributed by atoms with van der Waals surface area (Å²) in [6, 6.07) is 0.402. The number of hydrogen-bond acceptors (Lipinski definition) is 2. The van der Waals surface area contributed by atoms with Crippen LogP contribution in [0.15, 0.2) is 0 Å². The molecule has 1 aliphatic carbocycles. The molecule has 1 aliphatic rings. The molecule has 1 rings (SSSR count). The van der Waals surface area contributed by atoms with E-state index in [0.29, 0.717) is 17.4 Å². The van der Waals surface area contributed by atoms with Gasteiger partial charge in [-0.05, 0) is 49.4 Å². The molecule has 3 atom stereocenters. The lowest BCUT2D eigenvalue weighted by molar-refractivity contribution is 0.0803. The van der Waals surface area contributed by atoms with Gasteiger partial charge in [-0.1, -0.05) is 27.7 Å². The van der Waals surface area contributed by atoms with Gasteiger partial charge < -0.3 is 10.5 Å². The predicted molar refractivity (Wildman–Crippen MR) is 74.0 cm³/mol. The monoisotopic (exact) mass is 241 g/mol. The van der Waals surface area contributed by atoms with Crippen molar-refractivity contribution in [2.24, 2.45) is 23.0 Å². The van der Waals surface area contributed by atoms with E-state index in [1.165, 1.54) is 19.3 Å². The molecule has 0 aromatic carbocycles. The zero-order valence-electron chi connectivity index (χ0n) is 12.2. The molecule has 102 valence electrons. The Hall–Kier alpha value is -0.0800. The van der Waals surface area contributed by atoms with E-state index in [1.807, 2.05) is 0 Å². The van der Waals surface area contributed by atoms with Crippen molar-refractivity contribution in [1.82, 2.24) is 0 Å². The summed E-state index contributed by atoms with van der Waals surface area (Å²) in [5, 5.41) is 0. The van der Waals surface area contributed by atoms with Crippen molar-refractivity contribution >= 4 is 0 Å². The van der Waals surface area contributed by atoms with Gasteiger partial charge in [0.2, 0.25) is 0 Å². The third-order valence-electron chi connectivity index (χ3n) is 4.25. The molecular formula is C15H31NO. The molecule has 0 aromatic rings. The van der Waals surface area contributed by atoms with Crippen LogP contribution < -0.4 is 5.73 Å². The molecular weight excluding hydrogens is 210 g/mol. The molecule has 0 radical (unpaired) electrons. The van der Waals surface area contributed by atoms with E-state index in [4.69, 9.17) is 10.5 Å². The van der Waals surface area contributed by atoms with Gasteiger partial charge in [-0.3, -0.25) is 0 Å². The van der Waals surface area contributed by atoms with Crippen LogP contribution >= 0.6 is 0 Å². The van der Waals surface area contributed by atoms with Gasteiger partial charge in [0, 0.05) is 19.3 Å². The Labute approximate surface area is 107 Å². The van der Waals surface area contributed by atoms with Crippen LogP contribution in [0.4, 0.5) is 0 Å². The second-order valence-corrected chi connectivity index (χ2v) is 6.70. The smallest absolute Gasteiger partial charge is 0.0469 e. The number of hydrogen-bond donors (Lipinski definition) is 1. The highest BCUT2D eigenvalue weighted by Gasteiger charge is 2.33. The second-order valence-electron chi connectivity index (χ2n) is 6.70. The van der Waals surface area contributed by atoms with Crippen LogP contribution in [0.5, 0.6) is 0 Å². The zero-order valence-corrected chi connectivity index (χ0v) is 12.2. The molecule has 0 aliphatic heterocycles. The maximum Gasteiger partial charge on any atom is 0.0469 e. The third kappa shape index (κ3) is 4.97. The first-order valence-electron chi connectivity index (χ1n) is 7.28. The first kappa shape index (κ1) is 15.0. The Balaban J connectivity index is 2.36. The van der Waals surface area contributed by atoms with Crippen molar-refractivity contribution in [3.8, 4) is 0 Å². The molecule has 0 saturated heterocycles. The van der Waals surface area contributed by atoms with Crippen LogP contribution in [0.3, 0.4) is 0 Å². The van der Waals surface area contributed by atoms with Crippen molar-refractivity contribution in [1.29, 1.82) is 0 Å². The van der Waals surface area contributed by atoms with E-state index in [1.54, 1.807) is 0 Å². The standard InChI is InChI=1S/C15H31NO/c1-5-9-17-10-8-12-11-13(15(2,3)4)6-7-14(12)16/h12-14H,5-11,16H2,1-4H3. The zero-order chi connectivity index (χ0) is 12.9. The molecule has 17 heavy (non-hydrogen) atoms. The molecule has 0 amide bonds. The fraction of sp³-hybridized carbons (Fsp3) is 1.00. The van der Waals surface area contributed by atoms with Gasteiger partial charge in [0.05, 0.1) is 0 Å². The summed E-state index contributed by atoms with van der Waals surface area (Å²) < 4.78 is 5.60. The van der Waals surface area contributed by atoms with Gasteiger partial charge in [-0.15, -0.1) is 0 Å². The van der Waals surface area contributed by atoms with E-state index in [9.17, 15) is 0 Å². The van der Waals surface area contributed by atoms with Crippen LogP contribution in [0.2, 0.25) is 0 Å². The van der Waals surface area contributed by atoms with Gasteiger partial charge in [0.15, 0.2) is 0 Å². The lowest BCUT2D eigenvalue weighted by atomic mass is 9.67. The van der Waals surface area contributed by atoms with E-state index in [2.05, 4.69) is 27.7 Å². The quantitative estimate of drug-likeness (QED) is 0.747. The Kier molecular flexibility index (Phi) is 5.94. The van der Waals surface area contributed by atoms with Crippen LogP contribution in [0, 0.1) is 17.3 Å². The molecule has 0 heterocycles. The summed E-state index contributed by atoms with van der Waals surface area (Å²) in [7, 11) is 0. The Morgan fingerprint density at radius 3 is 2.47 bits per heavy atom. The van der Waals surface area contributed by atoms with E-state index in [-0.39, 0.29) is 0 Å². The van der Waals surface area contributed by atoms with Crippen LogP contribution in [0.25, 0.3) is 0 Å². The summed E-state index contributed by atoms with van der Waals surface area (Å²) in [6.07, 6.45) is 6.05. The largest absolute Gasteiger partial charge is 0.381 e. The molecule has 1 fully saturated rings. The summed E-state index contributed by atoms with van der Waals surface area (Å²) in [5.41, 5.74) is 6.68. The molecule has 2 heteroatoms. The summed E-state index contributed by atoms with van der Waals surface area (Å²) in [6.45, 7) is 11.0. The molecule has 2 N–H and O–H groups in total. The Morgan fingerprint density at radius 1 is 1.18 bits per heavy atom. The molecule has 3 unspecified atom stereocenters. The van der Waals surface area contributed by atoms with Crippen molar-refractivity contribution in [3.05, 3.63) is 0 Å². The molecule has 0 bridgehead atoms. The van der Waals surface area contributed by atoms with Crippen LogP contribution in [0.1, 0.15) is 59.8 Å². The number of ether oxygens (including phenoxy) is 1. The fourth-order valence-corrected chi connectivity index (χ4v) is 2.89. The lowest BCUT2D eigenvalue weighted by Gasteiger charge is -2.40. The molecule has 0 aromatic heterocycles. The van der Waals surface area contributed by atoms with Gasteiger partial charge in [0.1, 0.15) is 0 Å². The van der Waals surface area contributed by atoms with E-state index >= 15 is 0 Å². The summed E-state index contributed by atoms with van der Waals surface area (Å²) in [5.74, 6) is 1.50.